The number of rotatable bonds is 10. The van der Waals surface area contributed by atoms with Crippen LogP contribution in [0, 0.1) is 51.2 Å². The maximum atomic E-state index is 14.1. The van der Waals surface area contributed by atoms with E-state index in [2.05, 4.69) is 64.1 Å². The number of fused-ring (bicyclic) bond motifs is 7. The number of esters is 2. The number of carbonyl (C=O) groups excluding carboxylic acids is 2. The fourth-order valence-electron chi connectivity index (χ4n) is 12.3. The zero-order valence-corrected chi connectivity index (χ0v) is 30.1. The Bertz CT molecular complexity index is 1120. The number of ether oxygens (including phenoxy) is 3. The molecule has 250 valence electrons. The first-order valence-electron chi connectivity index (χ1n) is 17.5. The molecule has 0 spiro atoms. The Kier molecular flexibility index (Phi) is 9.60. The summed E-state index contributed by atoms with van der Waals surface area (Å²) in [6.07, 6.45) is 9.91. The van der Waals surface area contributed by atoms with Gasteiger partial charge in [0.2, 0.25) is 0 Å². The van der Waals surface area contributed by atoms with Crippen molar-refractivity contribution in [3.05, 3.63) is 12.2 Å². The molecule has 2 unspecified atom stereocenters. The van der Waals surface area contributed by atoms with Crippen LogP contribution in [0.25, 0.3) is 0 Å². The van der Waals surface area contributed by atoms with Crippen LogP contribution in [-0.2, 0) is 23.8 Å². The van der Waals surface area contributed by atoms with Crippen molar-refractivity contribution in [3.63, 3.8) is 0 Å². The van der Waals surface area contributed by atoms with Gasteiger partial charge in [-0.15, -0.1) is 0 Å². The lowest BCUT2D eigenvalue weighted by molar-refractivity contribution is -0.255. The first kappa shape index (κ1) is 34.4. The molecule has 0 radical (unpaired) electrons. The first-order valence-corrected chi connectivity index (χ1v) is 18.6. The topological polar surface area (TPSA) is 82.1 Å². The summed E-state index contributed by atoms with van der Waals surface area (Å²) in [6, 6.07) is 0. The highest BCUT2D eigenvalue weighted by Crippen LogP contribution is 2.77. The van der Waals surface area contributed by atoms with Gasteiger partial charge in [0.05, 0.1) is 43.4 Å². The number of alkyl halides is 1. The summed E-state index contributed by atoms with van der Waals surface area (Å²) in [5, 5.41) is 13.4. The van der Waals surface area contributed by atoms with E-state index in [4.69, 9.17) is 14.2 Å². The monoisotopic (exact) mass is 678 g/mol. The van der Waals surface area contributed by atoms with E-state index in [0.717, 1.165) is 75.1 Å². The molecule has 5 fully saturated rings. The van der Waals surface area contributed by atoms with Crippen LogP contribution in [0.5, 0.6) is 0 Å². The van der Waals surface area contributed by atoms with Crippen molar-refractivity contribution in [3.8, 4) is 0 Å². The Morgan fingerprint density at radius 2 is 1.68 bits per heavy atom. The van der Waals surface area contributed by atoms with Crippen LogP contribution < -0.4 is 0 Å². The molecule has 1 saturated heterocycles. The molecule has 6 nitrogen and oxygen atoms in total. The van der Waals surface area contributed by atoms with Crippen LogP contribution >= 0.6 is 15.9 Å². The van der Waals surface area contributed by atoms with Gasteiger partial charge in [-0.2, -0.15) is 0 Å². The normalized spacial score (nSPS) is 45.4. The van der Waals surface area contributed by atoms with Crippen LogP contribution in [0.15, 0.2) is 12.2 Å². The maximum Gasteiger partial charge on any atom is 0.312 e. The molecule has 0 aromatic rings. The molecule has 1 heterocycles. The molecular formula is C37H59BrO6. The second kappa shape index (κ2) is 12.3. The van der Waals surface area contributed by atoms with Crippen LogP contribution in [0.2, 0.25) is 0 Å². The van der Waals surface area contributed by atoms with Crippen molar-refractivity contribution in [2.45, 2.75) is 136 Å². The standard InChI is InChI=1S/C37H59BrO6/c1-23(2)24-13-16-37(32(41)43-20-12-10-9-11-19-38)18-17-34(5)25(30(24)37)21-26(39)31-35(34,6)15-14-27-33(3,4)44-28(36(27,31)7)22-29(40)42-8/h24-28,30-31,39H,1,9-22H2,2-8H3/t24-,25+,26+,27?,28?,30+,31-,34+,35+,36+,37-/m0/s1. The molecule has 5 rings (SSSR count). The number of hydrogen-bond donors (Lipinski definition) is 1. The van der Waals surface area contributed by atoms with Gasteiger partial charge < -0.3 is 19.3 Å². The van der Waals surface area contributed by atoms with Crippen LogP contribution in [0.3, 0.4) is 0 Å². The van der Waals surface area contributed by atoms with Crippen molar-refractivity contribution < 1.29 is 28.9 Å². The van der Waals surface area contributed by atoms with E-state index >= 15 is 0 Å². The third-order valence-corrected chi connectivity index (χ3v) is 15.0. The number of hydrogen-bond acceptors (Lipinski definition) is 6. The lowest BCUT2D eigenvalue weighted by Gasteiger charge is -2.71. The molecule has 4 saturated carbocycles. The molecule has 11 atom stereocenters. The number of carbonyl (C=O) groups is 2. The van der Waals surface area contributed by atoms with Gasteiger partial charge in [0, 0.05) is 10.7 Å². The van der Waals surface area contributed by atoms with Crippen molar-refractivity contribution in [2.24, 2.45) is 51.2 Å². The van der Waals surface area contributed by atoms with Crippen LogP contribution in [0.4, 0.5) is 0 Å². The molecule has 1 N–H and O–H groups in total. The summed E-state index contributed by atoms with van der Waals surface area (Å²) in [5.41, 5.74) is -0.349. The highest BCUT2D eigenvalue weighted by molar-refractivity contribution is 9.09. The van der Waals surface area contributed by atoms with E-state index in [1.54, 1.807) is 0 Å². The lowest BCUT2D eigenvalue weighted by atomic mass is 9.33. The fourth-order valence-corrected chi connectivity index (χ4v) is 12.7. The predicted molar refractivity (Wildman–Crippen MR) is 176 cm³/mol. The summed E-state index contributed by atoms with van der Waals surface area (Å²) in [5.74, 6) is 0.530. The summed E-state index contributed by atoms with van der Waals surface area (Å²) < 4.78 is 18.0. The zero-order chi connectivity index (χ0) is 32.3. The average molecular weight is 680 g/mol. The SMILES string of the molecule is C=C(C)[C@@H]1CC[C@]2(C(=O)OCCCCCCBr)CC[C@]3(C)[C@H](C[C@@H](O)[C@@H]4[C@@]5(C)C(CC(=O)OC)OC(C)(C)C5CC[C@]43C)[C@@H]12. The molecular weight excluding hydrogens is 620 g/mol. The number of methoxy groups -OCH3 is 1. The first-order chi connectivity index (χ1) is 20.6. The molecule has 5 aliphatic rings. The molecule has 4 aliphatic carbocycles. The van der Waals surface area contributed by atoms with Gasteiger partial charge in [0.15, 0.2) is 0 Å². The third-order valence-electron chi connectivity index (χ3n) is 14.4. The summed E-state index contributed by atoms with van der Waals surface area (Å²) in [6.45, 7) is 18.6. The van der Waals surface area contributed by atoms with Crippen LogP contribution in [0.1, 0.15) is 119 Å². The lowest BCUT2D eigenvalue weighted by Crippen LogP contribution is -2.69. The smallest absolute Gasteiger partial charge is 0.312 e. The maximum absolute atomic E-state index is 14.1. The number of aliphatic hydroxyl groups excluding tert-OH is 1. The Morgan fingerprint density at radius 3 is 2.34 bits per heavy atom. The van der Waals surface area contributed by atoms with Gasteiger partial charge in [0.1, 0.15) is 0 Å². The minimum atomic E-state index is -0.545. The number of unbranched alkanes of at least 4 members (excludes halogenated alkanes) is 3. The highest BCUT2D eigenvalue weighted by atomic mass is 79.9. The molecule has 0 aromatic heterocycles. The number of allylic oxidation sites excluding steroid dienone is 1. The predicted octanol–water partition coefficient (Wildman–Crippen LogP) is 8.03. The molecule has 1 aliphatic heterocycles. The van der Waals surface area contributed by atoms with Gasteiger partial charge in [-0.25, -0.2) is 0 Å². The quantitative estimate of drug-likeness (QED) is 0.109. The summed E-state index contributed by atoms with van der Waals surface area (Å²) in [7, 11) is 1.44. The van der Waals surface area contributed by atoms with Gasteiger partial charge in [-0.3, -0.25) is 9.59 Å². The van der Waals surface area contributed by atoms with E-state index in [0.29, 0.717) is 13.0 Å². The van der Waals surface area contributed by atoms with E-state index in [9.17, 15) is 14.7 Å². The van der Waals surface area contributed by atoms with E-state index in [-0.39, 0.29) is 75.9 Å². The van der Waals surface area contributed by atoms with E-state index in [1.165, 1.54) is 7.11 Å². The highest BCUT2D eigenvalue weighted by Gasteiger charge is 2.76. The molecule has 7 heteroatoms. The van der Waals surface area contributed by atoms with Crippen molar-refractivity contribution in [2.75, 3.05) is 19.0 Å². The average Bonchev–Trinajstić information content (AvgIpc) is 3.44. The summed E-state index contributed by atoms with van der Waals surface area (Å²) in [4.78, 5) is 26.8. The number of halogens is 1. The second-order valence-electron chi connectivity index (χ2n) is 16.6. The van der Waals surface area contributed by atoms with E-state index < -0.39 is 11.5 Å². The van der Waals surface area contributed by atoms with E-state index in [1.807, 2.05) is 0 Å². The minimum absolute atomic E-state index is 0.00434. The van der Waals surface area contributed by atoms with Gasteiger partial charge in [0.25, 0.3) is 0 Å². The molecule has 0 aromatic carbocycles. The Balaban J connectivity index is 1.49. The second-order valence-corrected chi connectivity index (χ2v) is 17.4. The molecule has 44 heavy (non-hydrogen) atoms. The Morgan fingerprint density at radius 1 is 0.977 bits per heavy atom. The minimum Gasteiger partial charge on any atom is -0.469 e. The fraction of sp³-hybridized carbons (Fsp3) is 0.892. The van der Waals surface area contributed by atoms with Crippen LogP contribution in [-0.4, -0.2) is 53.9 Å². The van der Waals surface area contributed by atoms with Gasteiger partial charge >= 0.3 is 11.9 Å². The number of aliphatic hydroxyl groups is 1. The summed E-state index contributed by atoms with van der Waals surface area (Å²) >= 11 is 3.50. The van der Waals surface area contributed by atoms with Gasteiger partial charge in [-0.05, 0) is 119 Å². The van der Waals surface area contributed by atoms with Crippen molar-refractivity contribution in [1.82, 2.24) is 0 Å². The molecule has 0 amide bonds. The third kappa shape index (κ3) is 5.07. The van der Waals surface area contributed by atoms with Gasteiger partial charge in [-0.1, -0.05) is 61.7 Å². The Labute approximate surface area is 274 Å². The largest absolute Gasteiger partial charge is 0.469 e. The van der Waals surface area contributed by atoms with Crippen molar-refractivity contribution in [1.29, 1.82) is 0 Å². The zero-order valence-electron chi connectivity index (χ0n) is 28.5. The Hall–Kier alpha value is -0.920. The van der Waals surface area contributed by atoms with Crippen molar-refractivity contribution >= 4 is 27.9 Å². The molecule has 0 bridgehead atoms.